The molecule has 4 N–H and O–H groups in total. The lowest BCUT2D eigenvalue weighted by Gasteiger charge is -2.55. The predicted octanol–water partition coefficient (Wildman–Crippen LogP) is 0.115. The van der Waals surface area contributed by atoms with Gasteiger partial charge < -0.3 is 20.3 Å². The minimum Gasteiger partial charge on any atom is -0.372 e. The Balaban J connectivity index is 1.62. The third-order valence-electron chi connectivity index (χ3n) is 6.89. The number of anilines is 2. The molecule has 1 aromatic carbocycles. The second-order valence-electron chi connectivity index (χ2n) is 8.94. The van der Waals surface area contributed by atoms with Crippen LogP contribution in [0.4, 0.5) is 16.2 Å². The summed E-state index contributed by atoms with van der Waals surface area (Å²) in [6, 6.07) is 5.06. The number of barbiturate groups is 1. The van der Waals surface area contributed by atoms with Gasteiger partial charge in [0, 0.05) is 37.1 Å². The Morgan fingerprint density at radius 2 is 1.87 bits per heavy atom. The first-order valence-electron chi connectivity index (χ1n) is 10.5. The van der Waals surface area contributed by atoms with Gasteiger partial charge in [0.2, 0.25) is 11.8 Å². The number of nitrogens with one attached hydrogen (secondary N) is 2. The van der Waals surface area contributed by atoms with Gasteiger partial charge in [0.15, 0.2) is 5.41 Å². The summed E-state index contributed by atoms with van der Waals surface area (Å²) >= 11 is 0. The Bertz CT molecular complexity index is 914. The molecule has 0 radical (unpaired) electrons. The van der Waals surface area contributed by atoms with Crippen molar-refractivity contribution in [3.63, 3.8) is 0 Å². The van der Waals surface area contributed by atoms with Crippen LogP contribution < -0.4 is 26.2 Å². The van der Waals surface area contributed by atoms with E-state index in [1.807, 2.05) is 26.0 Å². The Morgan fingerprint density at radius 3 is 2.53 bits per heavy atom. The number of nitrogens with two attached hydrogens (primary N) is 1. The van der Waals surface area contributed by atoms with Crippen molar-refractivity contribution in [2.75, 3.05) is 29.4 Å². The molecule has 160 valence electrons. The maximum absolute atomic E-state index is 13.1. The highest BCUT2D eigenvalue weighted by Crippen LogP contribution is 2.47. The zero-order chi connectivity index (χ0) is 21.2. The summed E-state index contributed by atoms with van der Waals surface area (Å²) in [7, 11) is 0. The highest BCUT2D eigenvalue weighted by molar-refractivity contribution is 6.20. The van der Waals surface area contributed by atoms with E-state index in [0.29, 0.717) is 6.54 Å². The van der Waals surface area contributed by atoms with Crippen LogP contribution in [0.5, 0.6) is 0 Å². The van der Waals surface area contributed by atoms with Gasteiger partial charge in [-0.2, -0.15) is 0 Å². The summed E-state index contributed by atoms with van der Waals surface area (Å²) < 4.78 is 6.05. The molecule has 4 aliphatic rings. The fraction of sp³-hybridized carbons (Fsp3) is 0.571. The summed E-state index contributed by atoms with van der Waals surface area (Å²) in [4.78, 5) is 42.3. The van der Waals surface area contributed by atoms with Gasteiger partial charge in [-0.3, -0.25) is 20.2 Å². The van der Waals surface area contributed by atoms with E-state index in [-0.39, 0.29) is 24.7 Å². The van der Waals surface area contributed by atoms with Crippen LogP contribution in [0, 0.1) is 5.41 Å². The van der Waals surface area contributed by atoms with Crippen molar-refractivity contribution >= 4 is 29.2 Å². The van der Waals surface area contributed by atoms with Crippen LogP contribution in [0.2, 0.25) is 0 Å². The van der Waals surface area contributed by atoms with Crippen molar-refractivity contribution in [1.29, 1.82) is 0 Å². The van der Waals surface area contributed by atoms with Gasteiger partial charge >= 0.3 is 6.03 Å². The number of urea groups is 1. The number of morpholine rings is 1. The minimum atomic E-state index is -1.42. The van der Waals surface area contributed by atoms with Gasteiger partial charge in [0.05, 0.1) is 18.2 Å². The molecular weight excluding hydrogens is 386 g/mol. The first-order valence-corrected chi connectivity index (χ1v) is 10.5. The first-order chi connectivity index (χ1) is 14.3. The van der Waals surface area contributed by atoms with E-state index in [2.05, 4.69) is 26.5 Å². The fourth-order valence-corrected chi connectivity index (χ4v) is 5.63. The summed E-state index contributed by atoms with van der Waals surface area (Å²) in [5.41, 5.74) is 7.70. The lowest BCUT2D eigenvalue weighted by molar-refractivity contribution is -0.153. The minimum absolute atomic E-state index is 0.0561. The van der Waals surface area contributed by atoms with Crippen molar-refractivity contribution < 1.29 is 19.1 Å². The zero-order valence-corrected chi connectivity index (χ0v) is 17.2. The number of rotatable bonds is 1. The highest BCUT2D eigenvalue weighted by atomic mass is 16.5. The number of nitrogens with zero attached hydrogens (tertiary/aromatic N) is 2. The molecule has 9 nitrogen and oxygen atoms in total. The predicted molar refractivity (Wildman–Crippen MR) is 110 cm³/mol. The third-order valence-corrected chi connectivity index (χ3v) is 6.89. The molecular formula is C21H27N5O4. The summed E-state index contributed by atoms with van der Waals surface area (Å²) in [5.74, 6) is -1.12. The van der Waals surface area contributed by atoms with E-state index in [4.69, 9.17) is 10.5 Å². The molecule has 3 fully saturated rings. The largest absolute Gasteiger partial charge is 0.372 e. The number of amides is 4. The maximum atomic E-state index is 13.1. The Kier molecular flexibility index (Phi) is 4.30. The summed E-state index contributed by atoms with van der Waals surface area (Å²) in [5, 5.41) is 4.63. The van der Waals surface area contributed by atoms with Gasteiger partial charge in [-0.05, 0) is 44.4 Å². The van der Waals surface area contributed by atoms with Crippen LogP contribution >= 0.6 is 0 Å². The standard InChI is InChI=1S/C21H27N5O4/c1-11-9-26-16-7-15(25-6-5-14(22)10-25)4-3-13(16)8-21(17(26)12(2)30-11)18(27)23-20(29)24-19(21)28/h3-4,7,11-12,14,17H,5-6,8-10,22H2,1-2H3,(H2,23,24,27,28,29)/t11-,12+,14+,17-/m1/s1. The van der Waals surface area contributed by atoms with Crippen molar-refractivity contribution in [3.8, 4) is 0 Å². The molecule has 1 aromatic rings. The second kappa shape index (κ2) is 6.68. The van der Waals surface area contributed by atoms with Gasteiger partial charge in [0.25, 0.3) is 0 Å². The lowest BCUT2D eigenvalue weighted by atomic mass is 9.66. The SMILES string of the molecule is C[C@@H]1CN2c3cc(N4CC[C@H](N)C4)ccc3CC3(C(=O)NC(=O)NC3=O)[C@H]2[C@H](C)O1. The van der Waals surface area contributed by atoms with Crippen LogP contribution in [0.25, 0.3) is 0 Å². The molecule has 4 heterocycles. The molecule has 0 saturated carbocycles. The smallest absolute Gasteiger partial charge is 0.328 e. The van der Waals surface area contributed by atoms with Crippen LogP contribution in [0.1, 0.15) is 25.8 Å². The van der Waals surface area contributed by atoms with Crippen LogP contribution in [0.15, 0.2) is 18.2 Å². The molecule has 1 spiro atoms. The van der Waals surface area contributed by atoms with Gasteiger partial charge in [-0.1, -0.05) is 6.07 Å². The van der Waals surface area contributed by atoms with E-state index in [1.165, 1.54) is 0 Å². The van der Waals surface area contributed by atoms with Crippen molar-refractivity contribution in [2.24, 2.45) is 11.1 Å². The van der Waals surface area contributed by atoms with Crippen LogP contribution in [-0.4, -0.2) is 61.8 Å². The normalized spacial score (nSPS) is 32.6. The van der Waals surface area contributed by atoms with Gasteiger partial charge in [-0.25, -0.2) is 4.79 Å². The number of imide groups is 2. The number of hydrogen-bond acceptors (Lipinski definition) is 7. The molecule has 4 atom stereocenters. The van der Waals surface area contributed by atoms with Gasteiger partial charge in [0.1, 0.15) is 0 Å². The van der Waals surface area contributed by atoms with E-state index in [0.717, 1.165) is 36.4 Å². The molecule has 3 saturated heterocycles. The van der Waals surface area contributed by atoms with Gasteiger partial charge in [-0.15, -0.1) is 0 Å². The Hall–Kier alpha value is -2.65. The molecule has 0 aliphatic carbocycles. The first kappa shape index (κ1) is 19.3. The number of fused-ring (bicyclic) bond motifs is 4. The van der Waals surface area contributed by atoms with Crippen molar-refractivity contribution in [1.82, 2.24) is 10.6 Å². The molecule has 0 unspecified atom stereocenters. The van der Waals surface area contributed by atoms with Crippen molar-refractivity contribution in [2.45, 2.75) is 51.0 Å². The topological polar surface area (TPSA) is 117 Å². The third kappa shape index (κ3) is 2.72. The molecule has 5 rings (SSSR count). The number of ether oxygens (including phenoxy) is 1. The molecule has 30 heavy (non-hydrogen) atoms. The Morgan fingerprint density at radius 1 is 1.13 bits per heavy atom. The average molecular weight is 413 g/mol. The molecule has 0 bridgehead atoms. The molecule has 0 aromatic heterocycles. The van der Waals surface area contributed by atoms with Crippen LogP contribution in [-0.2, 0) is 20.7 Å². The number of carbonyl (C=O) groups is 3. The van der Waals surface area contributed by atoms with E-state index >= 15 is 0 Å². The number of benzene rings is 1. The lowest BCUT2D eigenvalue weighted by Crippen LogP contribution is -2.75. The number of hydrogen-bond donors (Lipinski definition) is 3. The quantitative estimate of drug-likeness (QED) is 0.560. The maximum Gasteiger partial charge on any atom is 0.328 e. The summed E-state index contributed by atoms with van der Waals surface area (Å²) in [6.07, 6.45) is 0.758. The monoisotopic (exact) mass is 413 g/mol. The fourth-order valence-electron chi connectivity index (χ4n) is 5.63. The summed E-state index contributed by atoms with van der Waals surface area (Å²) in [6.45, 7) is 6.16. The second-order valence-corrected chi connectivity index (χ2v) is 8.94. The molecule has 4 aliphatic heterocycles. The highest BCUT2D eigenvalue weighted by Gasteiger charge is 2.62. The van der Waals surface area contributed by atoms with Crippen LogP contribution in [0.3, 0.4) is 0 Å². The van der Waals surface area contributed by atoms with E-state index in [1.54, 1.807) is 0 Å². The average Bonchev–Trinajstić information content (AvgIpc) is 3.11. The Labute approximate surface area is 174 Å². The van der Waals surface area contributed by atoms with E-state index in [9.17, 15) is 14.4 Å². The molecule has 4 amide bonds. The number of carbonyl (C=O) groups excluding carboxylic acids is 3. The van der Waals surface area contributed by atoms with Crippen molar-refractivity contribution in [3.05, 3.63) is 23.8 Å². The molecule has 9 heteroatoms. The zero-order valence-electron chi connectivity index (χ0n) is 17.2. The van der Waals surface area contributed by atoms with E-state index < -0.39 is 29.3 Å².